The highest BCUT2D eigenvalue weighted by Crippen LogP contribution is 2.23. The van der Waals surface area contributed by atoms with Crippen LogP contribution in [0.3, 0.4) is 0 Å². The zero-order chi connectivity index (χ0) is 22.7. The molecule has 1 aromatic carbocycles. The summed E-state index contributed by atoms with van der Waals surface area (Å²) < 4.78 is 11.4. The lowest BCUT2D eigenvalue weighted by molar-refractivity contribution is 0.0332. The molecule has 32 heavy (non-hydrogen) atoms. The minimum absolute atomic E-state index is 0.0265. The fraction of sp³-hybridized carbons (Fsp3) is 0.333. The third kappa shape index (κ3) is 4.72. The van der Waals surface area contributed by atoms with Gasteiger partial charge in [-0.2, -0.15) is 9.78 Å². The summed E-state index contributed by atoms with van der Waals surface area (Å²) in [5.74, 6) is -0.372. The Balaban J connectivity index is 1.60. The fourth-order valence-corrected chi connectivity index (χ4v) is 3.37. The lowest BCUT2D eigenvalue weighted by Gasteiger charge is -2.26. The van der Waals surface area contributed by atoms with Crippen LogP contribution >= 0.6 is 23.2 Å². The number of carbonyl (C=O) groups is 1. The number of morpholine rings is 1. The van der Waals surface area contributed by atoms with Crippen LogP contribution < -0.4 is 11.2 Å². The van der Waals surface area contributed by atoms with E-state index in [-0.39, 0.29) is 17.3 Å². The van der Waals surface area contributed by atoms with Crippen LogP contribution in [0.25, 0.3) is 5.82 Å². The number of nitrogen functional groups attached to an aromatic ring is 1. The van der Waals surface area contributed by atoms with Crippen molar-refractivity contribution in [1.29, 1.82) is 0 Å². The molecule has 0 aliphatic carbocycles. The molecule has 0 saturated carbocycles. The van der Waals surface area contributed by atoms with Gasteiger partial charge < -0.3 is 10.5 Å². The van der Waals surface area contributed by atoms with Gasteiger partial charge in [0.1, 0.15) is 0 Å². The number of halogens is 2. The van der Waals surface area contributed by atoms with Crippen LogP contribution in [0.5, 0.6) is 0 Å². The van der Waals surface area contributed by atoms with Gasteiger partial charge in [0.2, 0.25) is 11.6 Å². The van der Waals surface area contributed by atoms with Crippen LogP contribution in [-0.2, 0) is 11.3 Å². The minimum atomic E-state index is -0.547. The zero-order valence-electron chi connectivity index (χ0n) is 17.0. The van der Waals surface area contributed by atoms with Crippen LogP contribution in [0.2, 0.25) is 10.0 Å². The lowest BCUT2D eigenvalue weighted by atomic mass is 10.1. The summed E-state index contributed by atoms with van der Waals surface area (Å²) in [6, 6.07) is 5.07. The van der Waals surface area contributed by atoms with Crippen molar-refractivity contribution < 1.29 is 14.2 Å². The van der Waals surface area contributed by atoms with Crippen molar-refractivity contribution >= 4 is 40.6 Å². The van der Waals surface area contributed by atoms with Crippen LogP contribution in [0.15, 0.2) is 27.9 Å². The number of hydrogen-bond donors (Lipinski definition) is 2. The molecule has 168 valence electrons. The van der Waals surface area contributed by atoms with Crippen LogP contribution in [-0.4, -0.2) is 68.1 Å². The van der Waals surface area contributed by atoms with E-state index in [0.29, 0.717) is 59.9 Å². The molecule has 3 aromatic rings. The number of nitrogens with two attached hydrogens (primary N) is 1. The van der Waals surface area contributed by atoms with Gasteiger partial charge in [-0.25, -0.2) is 10.1 Å². The van der Waals surface area contributed by atoms with Crippen molar-refractivity contribution in [3.63, 3.8) is 0 Å². The molecule has 0 unspecified atom stereocenters. The zero-order valence-corrected chi connectivity index (χ0v) is 18.5. The number of nitrogens with zero attached hydrogens (tertiary/aromatic N) is 7. The molecule has 3 heterocycles. The Bertz CT molecular complexity index is 1150. The van der Waals surface area contributed by atoms with E-state index in [1.54, 1.807) is 25.1 Å². The molecule has 4 rings (SSSR count). The maximum atomic E-state index is 12.9. The average molecular weight is 480 g/mol. The number of amides is 1. The highest BCUT2D eigenvalue weighted by atomic mass is 35.5. The molecule has 1 aliphatic rings. The molecule has 0 spiro atoms. The second kappa shape index (κ2) is 9.61. The van der Waals surface area contributed by atoms with E-state index in [0.717, 1.165) is 0 Å². The van der Waals surface area contributed by atoms with E-state index in [9.17, 15) is 4.79 Å². The molecule has 3 N–H and O–H groups in total. The second-order valence-corrected chi connectivity index (χ2v) is 7.74. The summed E-state index contributed by atoms with van der Waals surface area (Å²) in [6.07, 6.45) is 0. The second-order valence-electron chi connectivity index (χ2n) is 6.93. The summed E-state index contributed by atoms with van der Waals surface area (Å²) in [7, 11) is 0. The number of hydrazone groups is 1. The number of nitrogens with one attached hydrogen (secondary N) is 1. The van der Waals surface area contributed by atoms with Gasteiger partial charge >= 0.3 is 0 Å². The van der Waals surface area contributed by atoms with Gasteiger partial charge in [0.15, 0.2) is 5.69 Å². The predicted octanol–water partition coefficient (Wildman–Crippen LogP) is 1.53. The standard InChI is InChI=1S/C18H19Cl2N9O3/c1-10(11-2-3-12(19)13(20)8-11)22-24-18(30)15-14(9-28-4-6-31-7-5-28)29(27-23-15)17-16(21)25-32-26-17/h2-3,8H,4-7,9H2,1H3,(H2,21,25)(H,24,30). The summed E-state index contributed by atoms with van der Waals surface area (Å²) in [5, 5.41) is 20.4. The fourth-order valence-electron chi connectivity index (χ4n) is 3.07. The third-order valence-electron chi connectivity index (χ3n) is 4.81. The van der Waals surface area contributed by atoms with Crippen LogP contribution in [0.4, 0.5) is 5.82 Å². The number of rotatable bonds is 6. The topological polar surface area (TPSA) is 150 Å². The Kier molecular flexibility index (Phi) is 6.65. The molecule has 0 bridgehead atoms. The molecular formula is C18H19Cl2N9O3. The van der Waals surface area contributed by atoms with E-state index < -0.39 is 5.91 Å². The number of anilines is 1. The molecule has 0 atom stereocenters. The Labute approximate surface area is 192 Å². The van der Waals surface area contributed by atoms with Crippen molar-refractivity contribution in [2.24, 2.45) is 5.10 Å². The molecule has 1 fully saturated rings. The van der Waals surface area contributed by atoms with Crippen LogP contribution in [0, 0.1) is 0 Å². The molecule has 1 aliphatic heterocycles. The first-order chi connectivity index (χ1) is 15.4. The third-order valence-corrected chi connectivity index (χ3v) is 5.55. The quantitative estimate of drug-likeness (QED) is 0.396. The van der Waals surface area contributed by atoms with E-state index in [1.165, 1.54) is 4.68 Å². The Hall–Kier alpha value is -3.06. The number of ether oxygens (including phenoxy) is 1. The summed E-state index contributed by atoms with van der Waals surface area (Å²) in [4.78, 5) is 15.0. The largest absolute Gasteiger partial charge is 0.379 e. The van der Waals surface area contributed by atoms with Gasteiger partial charge in [0.05, 0.1) is 34.7 Å². The first-order valence-electron chi connectivity index (χ1n) is 9.57. The highest BCUT2D eigenvalue weighted by molar-refractivity contribution is 6.42. The maximum absolute atomic E-state index is 12.9. The molecule has 2 aromatic heterocycles. The lowest BCUT2D eigenvalue weighted by Crippen LogP contribution is -2.37. The van der Waals surface area contributed by atoms with Crippen molar-refractivity contribution in [1.82, 2.24) is 35.6 Å². The minimum Gasteiger partial charge on any atom is -0.379 e. The summed E-state index contributed by atoms with van der Waals surface area (Å²) in [6.45, 7) is 4.64. The SMILES string of the molecule is CC(=NNC(=O)c1nnn(-c2nonc2N)c1CN1CCOCC1)c1ccc(Cl)c(Cl)c1. The van der Waals surface area contributed by atoms with E-state index in [4.69, 9.17) is 33.7 Å². The number of aromatic nitrogens is 5. The first kappa shape index (κ1) is 22.1. The van der Waals surface area contributed by atoms with E-state index in [2.05, 4.69) is 40.7 Å². The monoisotopic (exact) mass is 479 g/mol. The Morgan fingerprint density at radius 2 is 2.03 bits per heavy atom. The van der Waals surface area contributed by atoms with Crippen molar-refractivity contribution in [2.75, 3.05) is 32.0 Å². The van der Waals surface area contributed by atoms with E-state index >= 15 is 0 Å². The number of benzene rings is 1. The van der Waals surface area contributed by atoms with Gasteiger partial charge in [-0.15, -0.1) is 5.10 Å². The van der Waals surface area contributed by atoms with Gasteiger partial charge in [-0.05, 0) is 34.9 Å². The van der Waals surface area contributed by atoms with Gasteiger partial charge in [-0.1, -0.05) is 34.5 Å². The molecule has 1 amide bonds. The van der Waals surface area contributed by atoms with Gasteiger partial charge in [0.25, 0.3) is 5.91 Å². The smallest absolute Gasteiger partial charge is 0.293 e. The van der Waals surface area contributed by atoms with Gasteiger partial charge in [-0.3, -0.25) is 9.69 Å². The molecule has 0 radical (unpaired) electrons. The van der Waals surface area contributed by atoms with Crippen LogP contribution in [0.1, 0.15) is 28.7 Å². The van der Waals surface area contributed by atoms with Crippen molar-refractivity contribution in [2.45, 2.75) is 13.5 Å². The highest BCUT2D eigenvalue weighted by Gasteiger charge is 2.26. The molecule has 1 saturated heterocycles. The van der Waals surface area contributed by atoms with E-state index in [1.807, 2.05) is 0 Å². The predicted molar refractivity (Wildman–Crippen MR) is 116 cm³/mol. The first-order valence-corrected chi connectivity index (χ1v) is 10.3. The molecular weight excluding hydrogens is 461 g/mol. The van der Waals surface area contributed by atoms with Crippen molar-refractivity contribution in [3.05, 3.63) is 45.2 Å². The van der Waals surface area contributed by atoms with Gasteiger partial charge in [0, 0.05) is 19.6 Å². The summed E-state index contributed by atoms with van der Waals surface area (Å²) in [5.41, 5.74) is 10.1. The molecule has 12 nitrogen and oxygen atoms in total. The summed E-state index contributed by atoms with van der Waals surface area (Å²) >= 11 is 12.0. The normalized spacial score (nSPS) is 15.2. The molecule has 14 heteroatoms. The number of carbonyl (C=O) groups excluding carboxylic acids is 1. The number of hydrogen-bond acceptors (Lipinski definition) is 10. The average Bonchev–Trinajstić information content (AvgIpc) is 3.40. The Morgan fingerprint density at radius 1 is 1.25 bits per heavy atom. The van der Waals surface area contributed by atoms with Crippen molar-refractivity contribution in [3.8, 4) is 5.82 Å². The Morgan fingerprint density at radius 3 is 2.72 bits per heavy atom. The maximum Gasteiger partial charge on any atom is 0.293 e.